The monoisotopic (exact) mass is 692 g/mol. The molecule has 0 spiro atoms. The lowest BCUT2D eigenvalue weighted by Crippen LogP contribution is -3.00. The molecule has 0 aliphatic heterocycles. The summed E-state index contributed by atoms with van der Waals surface area (Å²) < 4.78 is 3.93. The summed E-state index contributed by atoms with van der Waals surface area (Å²) in [6.07, 6.45) is 7.45. The van der Waals surface area contributed by atoms with Gasteiger partial charge in [-0.25, -0.2) is 9.13 Å². The van der Waals surface area contributed by atoms with Gasteiger partial charge in [-0.05, 0) is 101 Å². The Morgan fingerprint density at radius 1 is 0.590 bits per heavy atom. The van der Waals surface area contributed by atoms with Crippen LogP contribution in [-0.2, 0) is 14.1 Å². The minimum Gasteiger partial charge on any atom is -1.00 e. The number of azo groups is 2. The number of halogens is 2. The Hall–Kier alpha value is -2.54. The third-order valence-corrected chi connectivity index (χ3v) is 7.77. The van der Waals surface area contributed by atoms with Crippen LogP contribution < -0.4 is 52.9 Å². The van der Waals surface area contributed by atoms with Crippen molar-refractivity contribution in [1.29, 1.82) is 0 Å². The molecule has 2 heterocycles. The highest BCUT2D eigenvalue weighted by molar-refractivity contribution is 7.13. The summed E-state index contributed by atoms with van der Waals surface area (Å²) in [6, 6.07) is 16.5. The molecule has 0 aliphatic rings. The predicted molar refractivity (Wildman–Crippen MR) is 153 cm³/mol. The molecule has 8 nitrogen and oxygen atoms in total. The third kappa shape index (κ3) is 9.86. The Labute approximate surface area is 259 Å². The van der Waals surface area contributed by atoms with Gasteiger partial charge in [-0.3, -0.25) is 0 Å². The Bertz CT molecular complexity index is 1220. The van der Waals surface area contributed by atoms with E-state index in [1.807, 2.05) is 70.6 Å². The quantitative estimate of drug-likeness (QED) is 0.127. The molecule has 0 radical (unpaired) electrons. The maximum Gasteiger partial charge on any atom is 0.408 e. The number of rotatable bonds is 12. The molecule has 39 heavy (non-hydrogen) atoms. The highest BCUT2D eigenvalue weighted by Crippen LogP contribution is 2.24. The van der Waals surface area contributed by atoms with E-state index in [2.05, 4.69) is 68.6 Å². The predicted octanol–water partition coefficient (Wildman–Crippen LogP) is 1.04. The molecule has 0 atom stereocenters. The Balaban J connectivity index is 0.00000267. The fourth-order valence-electron chi connectivity index (χ4n) is 3.73. The summed E-state index contributed by atoms with van der Waals surface area (Å²) in [5, 5.41) is 23.1. The lowest BCUT2D eigenvalue weighted by Gasteiger charge is -2.21. The van der Waals surface area contributed by atoms with Gasteiger partial charge in [-0.2, -0.15) is 0 Å². The number of aryl methyl sites for hydroxylation is 2. The number of benzene rings is 2. The second-order valence-electron chi connectivity index (χ2n) is 8.93. The molecule has 0 unspecified atom stereocenters. The lowest BCUT2D eigenvalue weighted by molar-refractivity contribution is -0.654. The van der Waals surface area contributed by atoms with Gasteiger partial charge in [0.2, 0.25) is 0 Å². The summed E-state index contributed by atoms with van der Waals surface area (Å²) in [5.74, 6) is 0. The highest BCUT2D eigenvalue weighted by atomic mass is 79.9. The maximum absolute atomic E-state index is 4.35. The van der Waals surface area contributed by atoms with Crippen molar-refractivity contribution in [2.24, 2.45) is 34.6 Å². The van der Waals surface area contributed by atoms with Crippen LogP contribution in [0, 0.1) is 0 Å². The average molecular weight is 695 g/mol. The largest absolute Gasteiger partial charge is 1.00 e. The normalized spacial score (nSPS) is 11.0. The summed E-state index contributed by atoms with van der Waals surface area (Å²) in [7, 11) is 8.23. The summed E-state index contributed by atoms with van der Waals surface area (Å²) >= 11 is 3.15. The first kappa shape index (κ1) is 32.7. The molecule has 0 N–H and O–H groups in total. The minimum absolute atomic E-state index is 0. The second-order valence-corrected chi connectivity index (χ2v) is 10.7. The second kappa shape index (κ2) is 16.5. The van der Waals surface area contributed by atoms with Crippen molar-refractivity contribution in [3.05, 3.63) is 71.7 Å². The van der Waals surface area contributed by atoms with E-state index in [9.17, 15) is 0 Å². The van der Waals surface area contributed by atoms with Crippen molar-refractivity contribution in [2.75, 3.05) is 37.0 Å². The maximum atomic E-state index is 4.35. The molecular formula is C27H34Br2N8S2. The van der Waals surface area contributed by atoms with Gasteiger partial charge in [0.05, 0.1) is 24.3 Å². The van der Waals surface area contributed by atoms with E-state index in [4.69, 9.17) is 0 Å². The lowest BCUT2D eigenvalue weighted by atomic mass is 10.2. The SMILES string of the molecule is CN(CCCCCN(C)c1ccc(N=Nc2scc[n+]2C)cc1)c1ccc(N=Nc2scc[n+]2C)cc1.[Br-].[Br-]. The van der Waals surface area contributed by atoms with Gasteiger partial charge in [0.1, 0.15) is 23.8 Å². The van der Waals surface area contributed by atoms with Crippen molar-refractivity contribution < 1.29 is 43.1 Å². The topological polar surface area (TPSA) is 63.7 Å². The number of hydrogen-bond donors (Lipinski definition) is 0. The summed E-state index contributed by atoms with van der Waals surface area (Å²) in [6.45, 7) is 2.05. The Morgan fingerprint density at radius 3 is 1.31 bits per heavy atom. The molecule has 2 aromatic heterocycles. The van der Waals surface area contributed by atoms with Crippen molar-refractivity contribution in [2.45, 2.75) is 19.3 Å². The molecule has 0 saturated carbocycles. The fraction of sp³-hybridized carbons (Fsp3) is 0.333. The van der Waals surface area contributed by atoms with E-state index < -0.39 is 0 Å². The first-order valence-corrected chi connectivity index (χ1v) is 14.1. The number of anilines is 2. The summed E-state index contributed by atoms with van der Waals surface area (Å²) in [5.41, 5.74) is 4.12. The summed E-state index contributed by atoms with van der Waals surface area (Å²) in [4.78, 5) is 4.60. The van der Waals surface area contributed by atoms with Gasteiger partial charge in [0.25, 0.3) is 0 Å². The number of aromatic nitrogens is 2. The number of unbranched alkanes of at least 4 members (excludes halogenated alkanes) is 2. The van der Waals surface area contributed by atoms with Crippen LogP contribution in [0.15, 0.2) is 92.1 Å². The van der Waals surface area contributed by atoms with E-state index in [0.717, 1.165) is 47.6 Å². The van der Waals surface area contributed by atoms with E-state index >= 15 is 0 Å². The molecule has 12 heteroatoms. The van der Waals surface area contributed by atoms with Crippen LogP contribution in [0.2, 0.25) is 0 Å². The zero-order valence-corrected chi connectivity index (χ0v) is 27.4. The Kier molecular flexibility index (Phi) is 13.9. The van der Waals surface area contributed by atoms with Crippen LogP contribution in [0.25, 0.3) is 0 Å². The molecule has 208 valence electrons. The van der Waals surface area contributed by atoms with Crippen LogP contribution in [0.4, 0.5) is 33.0 Å². The molecule has 0 bridgehead atoms. The van der Waals surface area contributed by atoms with E-state index in [0.29, 0.717) is 0 Å². The molecule has 0 fully saturated rings. The van der Waals surface area contributed by atoms with Gasteiger partial charge >= 0.3 is 10.3 Å². The molecule has 0 amide bonds. The number of thiazole rings is 2. The van der Waals surface area contributed by atoms with Crippen molar-refractivity contribution in [1.82, 2.24) is 0 Å². The van der Waals surface area contributed by atoms with E-state index in [-0.39, 0.29) is 34.0 Å². The van der Waals surface area contributed by atoms with Gasteiger partial charge in [-0.15, -0.1) is 0 Å². The van der Waals surface area contributed by atoms with Crippen molar-refractivity contribution in [3.63, 3.8) is 0 Å². The molecule has 2 aromatic carbocycles. The standard InChI is InChI=1S/C27H34N8S2.2BrH/c1-32(24-12-8-22(9-13-24)28-30-26-34(3)18-20-36-26)16-6-5-7-17-33(2)25-14-10-23(11-15-25)29-31-27-35(4)19-21-37-27;;/h8-15,18-21H,5-7,16-17H2,1-4H3;2*1H/q+2;;/p-2. The minimum atomic E-state index is 0. The third-order valence-electron chi connectivity index (χ3n) is 6.09. The number of nitrogens with zero attached hydrogens (tertiary/aromatic N) is 8. The average Bonchev–Trinajstić information content (AvgIpc) is 3.53. The molecule has 0 saturated heterocycles. The first-order chi connectivity index (χ1) is 18.0. The molecule has 4 rings (SSSR count). The highest BCUT2D eigenvalue weighted by Gasteiger charge is 2.09. The van der Waals surface area contributed by atoms with E-state index in [1.165, 1.54) is 17.8 Å². The van der Waals surface area contributed by atoms with Crippen LogP contribution in [0.3, 0.4) is 0 Å². The molecule has 4 aromatic rings. The van der Waals surface area contributed by atoms with Gasteiger partial charge in [0.15, 0.2) is 0 Å². The number of hydrogen-bond acceptors (Lipinski definition) is 8. The van der Waals surface area contributed by atoms with Gasteiger partial charge in [0, 0.05) is 49.3 Å². The zero-order chi connectivity index (χ0) is 26.0. The van der Waals surface area contributed by atoms with Crippen LogP contribution >= 0.6 is 22.7 Å². The van der Waals surface area contributed by atoms with Crippen molar-refractivity contribution in [3.8, 4) is 0 Å². The zero-order valence-electron chi connectivity index (χ0n) is 22.6. The van der Waals surface area contributed by atoms with E-state index in [1.54, 1.807) is 22.7 Å². The molecule has 0 aliphatic carbocycles. The van der Waals surface area contributed by atoms with Crippen molar-refractivity contribution >= 4 is 55.7 Å². The fourth-order valence-corrected chi connectivity index (χ4v) is 5.09. The van der Waals surface area contributed by atoms with Crippen LogP contribution in [0.5, 0.6) is 0 Å². The molecular weight excluding hydrogens is 660 g/mol. The first-order valence-electron chi connectivity index (χ1n) is 12.3. The van der Waals surface area contributed by atoms with Crippen LogP contribution in [0.1, 0.15) is 19.3 Å². The smallest absolute Gasteiger partial charge is 0.408 e. The van der Waals surface area contributed by atoms with Gasteiger partial charge in [-0.1, -0.05) is 0 Å². The van der Waals surface area contributed by atoms with Crippen LogP contribution in [-0.4, -0.2) is 27.2 Å². The van der Waals surface area contributed by atoms with Gasteiger partial charge < -0.3 is 43.8 Å². The Morgan fingerprint density at radius 2 is 0.974 bits per heavy atom.